The molecular formula is C11H8N3Pt-. The number of fused-ring (bicyclic) bond motifs is 3. The molecular weight excluding hydrogens is 369 g/mol. The zero-order chi connectivity index (χ0) is 9.54. The standard InChI is InChI=1S/C11H8N3.Pt/c1-7-9-5-4-8-3-2-6-12-10(8)11(9)14-13-7;/h2-6H,1H3;/q-1;. The fraction of sp³-hybridized carbons (Fsp3) is 0.0909. The van der Waals surface area contributed by atoms with Crippen molar-refractivity contribution in [2.75, 3.05) is 0 Å². The molecule has 0 radical (unpaired) electrons. The van der Waals surface area contributed by atoms with Crippen molar-refractivity contribution in [2.45, 2.75) is 6.92 Å². The minimum absolute atomic E-state index is 0. The summed E-state index contributed by atoms with van der Waals surface area (Å²) in [5.41, 5.74) is 2.80. The molecule has 0 atom stereocenters. The van der Waals surface area contributed by atoms with Crippen LogP contribution in [-0.4, -0.2) is 10.1 Å². The second-order valence-electron chi connectivity index (χ2n) is 3.32. The van der Waals surface area contributed by atoms with E-state index in [1.54, 1.807) is 6.20 Å². The largest absolute Gasteiger partial charge is 0.573 e. The molecule has 4 heteroatoms. The van der Waals surface area contributed by atoms with E-state index in [4.69, 9.17) is 0 Å². The fourth-order valence-corrected chi connectivity index (χ4v) is 1.70. The normalized spacial score (nSPS) is 10.5. The van der Waals surface area contributed by atoms with E-state index in [0.717, 1.165) is 27.5 Å². The van der Waals surface area contributed by atoms with Crippen LogP contribution >= 0.6 is 0 Å². The predicted molar refractivity (Wildman–Crippen MR) is 55.1 cm³/mol. The van der Waals surface area contributed by atoms with Crippen molar-refractivity contribution >= 4 is 21.8 Å². The van der Waals surface area contributed by atoms with Gasteiger partial charge in [0.1, 0.15) is 0 Å². The van der Waals surface area contributed by atoms with Crippen LogP contribution in [0.4, 0.5) is 0 Å². The molecule has 3 rings (SSSR count). The number of nitrogens with zero attached hydrogens (tertiary/aromatic N) is 3. The van der Waals surface area contributed by atoms with E-state index >= 15 is 0 Å². The molecule has 1 aromatic carbocycles. The Kier molecular flexibility index (Phi) is 2.57. The van der Waals surface area contributed by atoms with Crippen LogP contribution in [-0.2, 0) is 21.1 Å². The maximum absolute atomic E-state index is 4.32. The predicted octanol–water partition coefficient (Wildman–Crippen LogP) is 2.05. The van der Waals surface area contributed by atoms with Gasteiger partial charge in [-0.15, -0.1) is 0 Å². The first-order chi connectivity index (χ1) is 6.86. The van der Waals surface area contributed by atoms with Gasteiger partial charge >= 0.3 is 0 Å². The van der Waals surface area contributed by atoms with Crippen LogP contribution in [0.2, 0.25) is 0 Å². The number of aromatic nitrogens is 3. The van der Waals surface area contributed by atoms with Gasteiger partial charge in [-0.2, -0.15) is 0 Å². The van der Waals surface area contributed by atoms with Gasteiger partial charge in [-0.3, -0.25) is 4.98 Å². The van der Waals surface area contributed by atoms with Gasteiger partial charge in [-0.25, -0.2) is 0 Å². The maximum Gasteiger partial charge on any atom is 0.0572 e. The molecule has 0 saturated carbocycles. The van der Waals surface area contributed by atoms with E-state index in [1.165, 1.54) is 0 Å². The first-order valence-corrected chi connectivity index (χ1v) is 4.50. The molecule has 2 heterocycles. The van der Waals surface area contributed by atoms with Crippen LogP contribution in [0.25, 0.3) is 21.8 Å². The molecule has 0 fully saturated rings. The Morgan fingerprint density at radius 2 is 2.07 bits per heavy atom. The Labute approximate surface area is 101 Å². The number of hydrogen-bond donors (Lipinski definition) is 0. The van der Waals surface area contributed by atoms with Crippen LogP contribution in [0.1, 0.15) is 5.69 Å². The molecule has 0 aliphatic heterocycles. The van der Waals surface area contributed by atoms with Gasteiger partial charge in [0, 0.05) is 33.0 Å². The average Bonchev–Trinajstić information content (AvgIpc) is 2.61. The summed E-state index contributed by atoms with van der Waals surface area (Å²) in [5.74, 6) is 0. The quantitative estimate of drug-likeness (QED) is 0.602. The van der Waals surface area contributed by atoms with Gasteiger partial charge < -0.3 is 10.2 Å². The average molecular weight is 377 g/mol. The zero-order valence-corrected chi connectivity index (χ0v) is 10.3. The molecule has 3 aromatic rings. The topological polar surface area (TPSA) is 39.9 Å². The van der Waals surface area contributed by atoms with Crippen molar-refractivity contribution < 1.29 is 21.1 Å². The van der Waals surface area contributed by atoms with Crippen molar-refractivity contribution in [3.05, 3.63) is 36.2 Å². The Hall–Kier alpha value is -1.21. The van der Waals surface area contributed by atoms with Gasteiger partial charge in [0.05, 0.1) is 5.52 Å². The fourth-order valence-electron chi connectivity index (χ4n) is 1.70. The summed E-state index contributed by atoms with van der Waals surface area (Å²) in [6.45, 7) is 1.96. The van der Waals surface area contributed by atoms with E-state index < -0.39 is 0 Å². The molecule has 0 aliphatic carbocycles. The van der Waals surface area contributed by atoms with E-state index in [0.29, 0.717) is 0 Å². The van der Waals surface area contributed by atoms with Crippen molar-refractivity contribution in [3.63, 3.8) is 0 Å². The second-order valence-corrected chi connectivity index (χ2v) is 3.32. The number of rotatable bonds is 0. The van der Waals surface area contributed by atoms with Gasteiger partial charge in [0.2, 0.25) is 0 Å². The Balaban J connectivity index is 0.000000853. The van der Waals surface area contributed by atoms with Gasteiger partial charge in [0.25, 0.3) is 0 Å². The third kappa shape index (κ3) is 1.47. The van der Waals surface area contributed by atoms with Gasteiger partial charge in [-0.1, -0.05) is 23.7 Å². The zero-order valence-electron chi connectivity index (χ0n) is 8.04. The summed E-state index contributed by atoms with van der Waals surface area (Å²) in [4.78, 5) is 4.32. The second kappa shape index (κ2) is 3.74. The molecule has 0 N–H and O–H groups in total. The molecule has 2 aromatic heterocycles. The first kappa shape index (κ1) is 10.3. The molecule has 0 aliphatic rings. The molecule has 78 valence electrons. The Bertz CT molecular complexity index is 615. The number of pyridine rings is 1. The first-order valence-electron chi connectivity index (χ1n) is 4.50. The van der Waals surface area contributed by atoms with Crippen LogP contribution in [0, 0.1) is 6.92 Å². The van der Waals surface area contributed by atoms with Crippen LogP contribution in [0.3, 0.4) is 0 Å². The molecule has 0 bridgehead atoms. The molecule has 15 heavy (non-hydrogen) atoms. The SMILES string of the molecule is Cc1n[n-]c2c1ccc1cccnc12.[Pt]. The summed E-state index contributed by atoms with van der Waals surface area (Å²) < 4.78 is 0. The third-order valence-electron chi connectivity index (χ3n) is 2.44. The van der Waals surface area contributed by atoms with Crippen LogP contribution < -0.4 is 5.10 Å². The minimum atomic E-state index is 0. The van der Waals surface area contributed by atoms with Crippen LogP contribution in [0.15, 0.2) is 30.5 Å². The minimum Gasteiger partial charge on any atom is -0.573 e. The van der Waals surface area contributed by atoms with Gasteiger partial charge in [-0.05, 0) is 23.8 Å². The summed E-state index contributed by atoms with van der Waals surface area (Å²) in [6.07, 6.45) is 1.78. The summed E-state index contributed by atoms with van der Waals surface area (Å²) in [5, 5.41) is 10.4. The Morgan fingerprint density at radius 1 is 1.20 bits per heavy atom. The van der Waals surface area contributed by atoms with E-state index in [-0.39, 0.29) is 21.1 Å². The summed E-state index contributed by atoms with van der Waals surface area (Å²) in [7, 11) is 0. The summed E-state index contributed by atoms with van der Waals surface area (Å²) >= 11 is 0. The van der Waals surface area contributed by atoms with E-state index in [2.05, 4.69) is 27.3 Å². The van der Waals surface area contributed by atoms with Crippen molar-refractivity contribution in [1.82, 2.24) is 15.2 Å². The number of hydrogen-bond acceptors (Lipinski definition) is 2. The van der Waals surface area contributed by atoms with Gasteiger partial charge in [0.15, 0.2) is 0 Å². The number of benzene rings is 1. The molecule has 0 amide bonds. The van der Waals surface area contributed by atoms with Crippen molar-refractivity contribution in [1.29, 1.82) is 0 Å². The van der Waals surface area contributed by atoms with E-state index in [1.807, 2.05) is 19.1 Å². The summed E-state index contributed by atoms with van der Waals surface area (Å²) in [6, 6.07) is 8.07. The monoisotopic (exact) mass is 377 g/mol. The molecule has 3 nitrogen and oxygen atoms in total. The number of aryl methyl sites for hydroxylation is 1. The molecule has 0 unspecified atom stereocenters. The van der Waals surface area contributed by atoms with Crippen LogP contribution in [0.5, 0.6) is 0 Å². The molecule has 0 spiro atoms. The molecule has 0 saturated heterocycles. The van der Waals surface area contributed by atoms with E-state index in [9.17, 15) is 0 Å². The maximum atomic E-state index is 4.32. The van der Waals surface area contributed by atoms with Crippen molar-refractivity contribution in [3.8, 4) is 0 Å². The smallest absolute Gasteiger partial charge is 0.0572 e. The van der Waals surface area contributed by atoms with Crippen molar-refractivity contribution in [2.24, 2.45) is 0 Å². The Morgan fingerprint density at radius 3 is 2.93 bits per heavy atom. The third-order valence-corrected chi connectivity index (χ3v) is 2.44.